The number of nitrogens with one attached hydrogen (secondary N) is 2. The Morgan fingerprint density at radius 3 is 2.36 bits per heavy atom. The van der Waals surface area contributed by atoms with Gasteiger partial charge in [-0.25, -0.2) is 0 Å². The number of aryl methyl sites for hydroxylation is 2. The van der Waals surface area contributed by atoms with E-state index in [0.717, 1.165) is 16.9 Å². The Morgan fingerprint density at radius 1 is 1.00 bits per heavy atom. The van der Waals surface area contributed by atoms with Crippen LogP contribution in [0.3, 0.4) is 0 Å². The Labute approximate surface area is 169 Å². The maximum absolute atomic E-state index is 12.8. The Bertz CT molecular complexity index is 979. The lowest BCUT2D eigenvalue weighted by molar-refractivity contribution is 0.0941. The van der Waals surface area contributed by atoms with Gasteiger partial charge in [-0.1, -0.05) is 49.4 Å². The molecule has 0 radical (unpaired) electrons. The Morgan fingerprint density at radius 2 is 1.68 bits per heavy atom. The van der Waals surface area contributed by atoms with Crippen molar-refractivity contribution in [1.29, 1.82) is 0 Å². The van der Waals surface area contributed by atoms with Gasteiger partial charge in [0.1, 0.15) is 0 Å². The van der Waals surface area contributed by atoms with E-state index in [0.29, 0.717) is 16.1 Å². The number of benzene rings is 2. The molecule has 0 saturated carbocycles. The van der Waals surface area contributed by atoms with Gasteiger partial charge in [0, 0.05) is 4.88 Å². The van der Waals surface area contributed by atoms with Crippen LogP contribution in [0.1, 0.15) is 55.9 Å². The fourth-order valence-corrected chi connectivity index (χ4v) is 4.07. The molecule has 0 fully saturated rings. The topological polar surface area (TPSA) is 58.2 Å². The van der Waals surface area contributed by atoms with Crippen LogP contribution < -0.4 is 10.6 Å². The lowest BCUT2D eigenvalue weighted by atomic mass is 10.1. The lowest BCUT2D eigenvalue weighted by Crippen LogP contribution is -2.27. The van der Waals surface area contributed by atoms with Crippen LogP contribution in [0, 0.1) is 6.92 Å². The SMILES string of the molecule is CCc1cc(C(=O)Nc2ccccc2C(=O)NC(C)c2ccccc2)sc1C. The highest BCUT2D eigenvalue weighted by molar-refractivity contribution is 7.14. The number of hydrogen-bond donors (Lipinski definition) is 2. The number of anilines is 1. The van der Waals surface area contributed by atoms with Crippen molar-refractivity contribution in [3.63, 3.8) is 0 Å². The number of rotatable bonds is 6. The molecule has 1 heterocycles. The zero-order chi connectivity index (χ0) is 20.1. The molecule has 144 valence electrons. The molecule has 0 spiro atoms. The number of para-hydroxylation sites is 1. The summed E-state index contributed by atoms with van der Waals surface area (Å²) in [5.74, 6) is -0.409. The highest BCUT2D eigenvalue weighted by Crippen LogP contribution is 2.24. The van der Waals surface area contributed by atoms with E-state index in [2.05, 4.69) is 17.6 Å². The summed E-state index contributed by atoms with van der Waals surface area (Å²) in [4.78, 5) is 27.3. The second-order valence-electron chi connectivity index (χ2n) is 6.65. The average Bonchev–Trinajstić information content (AvgIpc) is 3.10. The first-order valence-corrected chi connectivity index (χ1v) is 10.2. The maximum atomic E-state index is 12.8. The van der Waals surface area contributed by atoms with Gasteiger partial charge in [-0.2, -0.15) is 0 Å². The minimum absolute atomic E-state index is 0.135. The molecule has 0 bridgehead atoms. The predicted octanol–water partition coefficient (Wildman–Crippen LogP) is 5.36. The lowest BCUT2D eigenvalue weighted by Gasteiger charge is -2.16. The van der Waals surface area contributed by atoms with Crippen molar-refractivity contribution in [1.82, 2.24) is 5.32 Å². The molecule has 0 saturated heterocycles. The summed E-state index contributed by atoms with van der Waals surface area (Å²) in [5.41, 5.74) is 3.16. The fraction of sp³-hybridized carbons (Fsp3) is 0.217. The number of carbonyl (C=O) groups excluding carboxylic acids is 2. The normalized spacial score (nSPS) is 11.7. The van der Waals surface area contributed by atoms with E-state index < -0.39 is 0 Å². The second-order valence-corrected chi connectivity index (χ2v) is 7.91. The molecule has 3 rings (SSSR count). The van der Waals surface area contributed by atoms with E-state index >= 15 is 0 Å². The summed E-state index contributed by atoms with van der Waals surface area (Å²) in [5, 5.41) is 5.90. The zero-order valence-electron chi connectivity index (χ0n) is 16.3. The molecule has 1 atom stereocenters. The molecule has 5 heteroatoms. The zero-order valence-corrected chi connectivity index (χ0v) is 17.1. The molecule has 1 unspecified atom stereocenters. The summed E-state index contributed by atoms with van der Waals surface area (Å²) >= 11 is 1.48. The largest absolute Gasteiger partial charge is 0.345 e. The summed E-state index contributed by atoms with van der Waals surface area (Å²) < 4.78 is 0. The molecule has 1 aromatic heterocycles. The third-order valence-corrected chi connectivity index (χ3v) is 5.78. The van der Waals surface area contributed by atoms with Crippen molar-refractivity contribution >= 4 is 28.8 Å². The van der Waals surface area contributed by atoms with Crippen molar-refractivity contribution in [3.05, 3.63) is 87.1 Å². The van der Waals surface area contributed by atoms with Crippen LogP contribution in [0.2, 0.25) is 0 Å². The van der Waals surface area contributed by atoms with Crippen LogP contribution in [0.25, 0.3) is 0 Å². The molecular formula is C23H24N2O2S. The van der Waals surface area contributed by atoms with E-state index in [1.165, 1.54) is 16.9 Å². The Kier molecular flexibility index (Phi) is 6.26. The third kappa shape index (κ3) is 4.49. The van der Waals surface area contributed by atoms with Gasteiger partial charge in [0.25, 0.3) is 11.8 Å². The highest BCUT2D eigenvalue weighted by atomic mass is 32.1. The van der Waals surface area contributed by atoms with Gasteiger partial charge in [-0.3, -0.25) is 9.59 Å². The molecular weight excluding hydrogens is 368 g/mol. The highest BCUT2D eigenvalue weighted by Gasteiger charge is 2.18. The number of thiophene rings is 1. The van der Waals surface area contributed by atoms with Gasteiger partial charge in [0.2, 0.25) is 0 Å². The van der Waals surface area contributed by atoms with E-state index in [1.54, 1.807) is 18.2 Å². The van der Waals surface area contributed by atoms with Gasteiger partial charge in [-0.05, 0) is 49.6 Å². The first kappa shape index (κ1) is 19.8. The molecule has 2 amide bonds. The summed E-state index contributed by atoms with van der Waals surface area (Å²) in [7, 11) is 0. The molecule has 0 aliphatic carbocycles. The van der Waals surface area contributed by atoms with Crippen LogP contribution in [0.15, 0.2) is 60.7 Å². The minimum Gasteiger partial charge on any atom is -0.345 e. The molecule has 4 nitrogen and oxygen atoms in total. The van der Waals surface area contributed by atoms with Gasteiger partial charge >= 0.3 is 0 Å². The first-order chi connectivity index (χ1) is 13.5. The van der Waals surface area contributed by atoms with E-state index in [4.69, 9.17) is 0 Å². The average molecular weight is 393 g/mol. The van der Waals surface area contributed by atoms with Gasteiger partial charge in [0.15, 0.2) is 0 Å². The van der Waals surface area contributed by atoms with Crippen LogP contribution >= 0.6 is 11.3 Å². The quantitative estimate of drug-likeness (QED) is 0.593. The van der Waals surface area contributed by atoms with Crippen molar-refractivity contribution < 1.29 is 9.59 Å². The maximum Gasteiger partial charge on any atom is 0.265 e. The molecule has 3 aromatic rings. The molecule has 2 aromatic carbocycles. The number of carbonyl (C=O) groups is 2. The van der Waals surface area contributed by atoms with Crippen molar-refractivity contribution in [2.24, 2.45) is 0 Å². The molecule has 0 aliphatic rings. The Balaban J connectivity index is 1.76. The predicted molar refractivity (Wildman–Crippen MR) is 115 cm³/mol. The minimum atomic E-state index is -0.219. The third-order valence-electron chi connectivity index (χ3n) is 4.69. The number of amides is 2. The standard InChI is InChI=1S/C23H24N2O2S/c1-4-17-14-21(28-16(17)3)23(27)25-20-13-9-8-12-19(20)22(26)24-15(2)18-10-6-5-7-11-18/h5-15H,4H2,1-3H3,(H,24,26)(H,25,27). The summed E-state index contributed by atoms with van der Waals surface area (Å²) in [6.45, 7) is 6.03. The number of hydrogen-bond acceptors (Lipinski definition) is 3. The van der Waals surface area contributed by atoms with Gasteiger partial charge in [0.05, 0.1) is 22.2 Å². The van der Waals surface area contributed by atoms with E-state index in [1.807, 2.05) is 56.3 Å². The molecule has 2 N–H and O–H groups in total. The van der Waals surface area contributed by atoms with Crippen LogP contribution in [-0.4, -0.2) is 11.8 Å². The first-order valence-electron chi connectivity index (χ1n) is 9.35. The van der Waals surface area contributed by atoms with Crippen molar-refractivity contribution in [3.8, 4) is 0 Å². The van der Waals surface area contributed by atoms with Gasteiger partial charge < -0.3 is 10.6 Å². The summed E-state index contributed by atoms with van der Waals surface area (Å²) in [6.07, 6.45) is 0.895. The second kappa shape index (κ2) is 8.85. The Hall–Kier alpha value is -2.92. The van der Waals surface area contributed by atoms with E-state index in [-0.39, 0.29) is 17.9 Å². The fourth-order valence-electron chi connectivity index (χ4n) is 3.06. The van der Waals surface area contributed by atoms with Gasteiger partial charge in [-0.15, -0.1) is 11.3 Å². The van der Waals surface area contributed by atoms with Crippen molar-refractivity contribution in [2.45, 2.75) is 33.2 Å². The molecule has 0 aliphatic heterocycles. The van der Waals surface area contributed by atoms with Crippen LogP contribution in [-0.2, 0) is 6.42 Å². The monoisotopic (exact) mass is 392 g/mol. The van der Waals surface area contributed by atoms with E-state index in [9.17, 15) is 9.59 Å². The molecule has 28 heavy (non-hydrogen) atoms. The smallest absolute Gasteiger partial charge is 0.265 e. The summed E-state index contributed by atoms with van der Waals surface area (Å²) in [6, 6.07) is 18.7. The van der Waals surface area contributed by atoms with Crippen LogP contribution in [0.4, 0.5) is 5.69 Å². The van der Waals surface area contributed by atoms with Crippen LogP contribution in [0.5, 0.6) is 0 Å². The van der Waals surface area contributed by atoms with Crippen molar-refractivity contribution in [2.75, 3.05) is 5.32 Å².